The monoisotopic (exact) mass is 310 g/mol. The van der Waals surface area contributed by atoms with Gasteiger partial charge in [0.15, 0.2) is 11.5 Å². The number of hydrogen-bond donors (Lipinski definition) is 2. The summed E-state index contributed by atoms with van der Waals surface area (Å²) in [6, 6.07) is 4.34. The van der Waals surface area contributed by atoms with Crippen LogP contribution in [0.3, 0.4) is 0 Å². The van der Waals surface area contributed by atoms with Gasteiger partial charge in [0, 0.05) is 30.4 Å². The van der Waals surface area contributed by atoms with Gasteiger partial charge in [-0.05, 0) is 30.4 Å². The van der Waals surface area contributed by atoms with Crippen LogP contribution in [0, 0.1) is 0 Å². The Bertz CT molecular complexity index is 498. The number of nitrogens with one attached hydrogen (secondary N) is 2. The van der Waals surface area contributed by atoms with Gasteiger partial charge in [-0.3, -0.25) is 4.79 Å². The number of carbonyl (C=O) groups excluding carboxylic acids is 1. The summed E-state index contributed by atoms with van der Waals surface area (Å²) in [5, 5.41) is 6.38. The fraction of sp³-hybridized carbons (Fsp3) is 0.533. The minimum atomic E-state index is 0.143. The van der Waals surface area contributed by atoms with Gasteiger partial charge in [0.1, 0.15) is 0 Å². The lowest BCUT2D eigenvalue weighted by Crippen LogP contribution is -2.45. The number of benzene rings is 1. The molecule has 116 valence electrons. The molecule has 2 rings (SSSR count). The molecule has 1 unspecified atom stereocenters. The van der Waals surface area contributed by atoms with Crippen LogP contribution in [0.25, 0.3) is 0 Å². The Balaban J connectivity index is 2.06. The molecule has 1 aliphatic heterocycles. The quantitative estimate of drug-likeness (QED) is 0.785. The molecule has 1 aliphatic rings. The molecule has 1 amide bonds. The van der Waals surface area contributed by atoms with E-state index >= 15 is 0 Å². The average molecular weight is 310 g/mol. The van der Waals surface area contributed by atoms with E-state index in [9.17, 15) is 4.79 Å². The van der Waals surface area contributed by atoms with E-state index in [1.807, 2.05) is 18.4 Å². The molecule has 5 nitrogen and oxygen atoms in total. The van der Waals surface area contributed by atoms with Gasteiger partial charge in [0.05, 0.1) is 14.2 Å². The maximum Gasteiger partial charge on any atom is 0.220 e. The van der Waals surface area contributed by atoms with Crippen LogP contribution in [-0.2, 0) is 11.3 Å². The molecule has 6 heteroatoms. The lowest BCUT2D eigenvalue weighted by Gasteiger charge is -2.24. The van der Waals surface area contributed by atoms with Crippen molar-refractivity contribution in [2.75, 3.05) is 27.0 Å². The molecule has 2 N–H and O–H groups in total. The number of rotatable bonds is 6. The van der Waals surface area contributed by atoms with Crippen LogP contribution in [0.2, 0.25) is 0 Å². The van der Waals surface area contributed by atoms with Crippen molar-refractivity contribution in [2.24, 2.45) is 0 Å². The summed E-state index contributed by atoms with van der Waals surface area (Å²) in [6.07, 6.45) is 3.53. The van der Waals surface area contributed by atoms with Crippen LogP contribution in [0.15, 0.2) is 17.0 Å². The molecule has 21 heavy (non-hydrogen) atoms. The summed E-state index contributed by atoms with van der Waals surface area (Å²) in [4.78, 5) is 12.3. The second-order valence-electron chi connectivity index (χ2n) is 4.94. The third kappa shape index (κ3) is 4.04. The van der Waals surface area contributed by atoms with Crippen LogP contribution < -0.4 is 20.1 Å². The first-order chi connectivity index (χ1) is 10.2. The van der Waals surface area contributed by atoms with E-state index in [1.165, 1.54) is 10.5 Å². The van der Waals surface area contributed by atoms with Crippen LogP contribution in [0.4, 0.5) is 0 Å². The van der Waals surface area contributed by atoms with Crippen LogP contribution in [0.5, 0.6) is 11.5 Å². The molecular formula is C15H22N2O3S. The van der Waals surface area contributed by atoms with Crippen molar-refractivity contribution < 1.29 is 14.3 Å². The third-order valence-corrected chi connectivity index (χ3v) is 4.45. The van der Waals surface area contributed by atoms with Crippen molar-refractivity contribution in [2.45, 2.75) is 30.3 Å². The lowest BCUT2D eigenvalue weighted by molar-refractivity contribution is -0.122. The molecule has 0 saturated carbocycles. The fourth-order valence-corrected chi connectivity index (χ4v) is 3.01. The van der Waals surface area contributed by atoms with Crippen LogP contribution in [0.1, 0.15) is 18.4 Å². The molecular weight excluding hydrogens is 288 g/mol. The summed E-state index contributed by atoms with van der Waals surface area (Å²) >= 11 is 1.69. The zero-order chi connectivity index (χ0) is 15.2. The highest BCUT2D eigenvalue weighted by atomic mass is 32.2. The van der Waals surface area contributed by atoms with Gasteiger partial charge in [-0.2, -0.15) is 0 Å². The number of carbonyl (C=O) groups is 1. The summed E-state index contributed by atoms with van der Waals surface area (Å²) in [6.45, 7) is 1.44. The highest BCUT2D eigenvalue weighted by Gasteiger charge is 2.18. The van der Waals surface area contributed by atoms with Crippen molar-refractivity contribution in [1.29, 1.82) is 0 Å². The number of thioether (sulfide) groups is 1. The molecule has 0 radical (unpaired) electrons. The Kier molecular flexibility index (Phi) is 5.76. The van der Waals surface area contributed by atoms with Gasteiger partial charge >= 0.3 is 0 Å². The smallest absolute Gasteiger partial charge is 0.220 e. The number of ether oxygens (including phenoxy) is 2. The molecule has 0 spiro atoms. The number of methoxy groups -OCH3 is 2. The molecule has 0 aliphatic carbocycles. The maximum atomic E-state index is 11.2. The second-order valence-corrected chi connectivity index (χ2v) is 5.79. The van der Waals surface area contributed by atoms with E-state index in [2.05, 4.69) is 10.6 Å². The van der Waals surface area contributed by atoms with E-state index < -0.39 is 0 Å². The Morgan fingerprint density at radius 2 is 2.05 bits per heavy atom. The molecule has 1 saturated heterocycles. The standard InChI is InChI=1S/C15H22N2O3S/c1-19-12-6-10(14(21-3)7-13(12)20-2)8-16-11-4-5-15(18)17-9-11/h6-7,11,16H,4-5,8-9H2,1-3H3,(H,17,18). The minimum Gasteiger partial charge on any atom is -0.493 e. The molecule has 1 aromatic carbocycles. The predicted molar refractivity (Wildman–Crippen MR) is 84.2 cm³/mol. The largest absolute Gasteiger partial charge is 0.493 e. The van der Waals surface area contributed by atoms with Crippen molar-refractivity contribution in [3.63, 3.8) is 0 Å². The molecule has 1 atom stereocenters. The lowest BCUT2D eigenvalue weighted by atomic mass is 10.1. The van der Waals surface area contributed by atoms with Crippen molar-refractivity contribution in [3.8, 4) is 11.5 Å². The number of piperidine rings is 1. The zero-order valence-corrected chi connectivity index (χ0v) is 13.5. The molecule has 1 aromatic rings. The second kappa shape index (κ2) is 7.56. The SMILES string of the molecule is COc1cc(CNC2CCC(=O)NC2)c(SC)cc1OC. The Morgan fingerprint density at radius 3 is 2.62 bits per heavy atom. The summed E-state index contributed by atoms with van der Waals surface area (Å²) in [5.74, 6) is 1.63. The van der Waals surface area contributed by atoms with Gasteiger partial charge in [0.2, 0.25) is 5.91 Å². The highest BCUT2D eigenvalue weighted by Crippen LogP contribution is 2.34. The van der Waals surface area contributed by atoms with E-state index in [0.717, 1.165) is 24.5 Å². The Morgan fingerprint density at radius 1 is 1.33 bits per heavy atom. The van der Waals surface area contributed by atoms with E-state index in [-0.39, 0.29) is 5.91 Å². The predicted octanol–water partition coefficient (Wildman–Crippen LogP) is 1.79. The van der Waals surface area contributed by atoms with Gasteiger partial charge in [-0.25, -0.2) is 0 Å². The average Bonchev–Trinajstić information content (AvgIpc) is 2.53. The topological polar surface area (TPSA) is 59.6 Å². The first-order valence-corrected chi connectivity index (χ1v) is 8.19. The number of amides is 1. The summed E-state index contributed by atoms with van der Waals surface area (Å²) in [7, 11) is 3.29. The Hall–Kier alpha value is -1.40. The van der Waals surface area contributed by atoms with E-state index in [1.54, 1.807) is 26.0 Å². The first-order valence-electron chi connectivity index (χ1n) is 6.97. The molecule has 1 fully saturated rings. The van der Waals surface area contributed by atoms with Crippen molar-refractivity contribution in [3.05, 3.63) is 17.7 Å². The molecule has 1 heterocycles. The normalized spacial score (nSPS) is 18.2. The third-order valence-electron chi connectivity index (χ3n) is 3.63. The summed E-state index contributed by atoms with van der Waals surface area (Å²) in [5.41, 5.74) is 1.18. The fourth-order valence-electron chi connectivity index (χ4n) is 2.39. The van der Waals surface area contributed by atoms with Gasteiger partial charge in [0.25, 0.3) is 0 Å². The minimum absolute atomic E-state index is 0.143. The van der Waals surface area contributed by atoms with Crippen molar-refractivity contribution >= 4 is 17.7 Å². The zero-order valence-electron chi connectivity index (χ0n) is 12.7. The Labute approximate surface area is 129 Å². The highest BCUT2D eigenvalue weighted by molar-refractivity contribution is 7.98. The van der Waals surface area contributed by atoms with Crippen LogP contribution in [-0.4, -0.2) is 39.0 Å². The van der Waals surface area contributed by atoms with Gasteiger partial charge < -0.3 is 20.1 Å². The number of hydrogen-bond acceptors (Lipinski definition) is 5. The van der Waals surface area contributed by atoms with Crippen LogP contribution >= 0.6 is 11.8 Å². The first kappa shape index (κ1) is 16.0. The maximum absolute atomic E-state index is 11.2. The van der Waals surface area contributed by atoms with E-state index in [4.69, 9.17) is 9.47 Å². The van der Waals surface area contributed by atoms with Crippen molar-refractivity contribution in [1.82, 2.24) is 10.6 Å². The molecule has 0 bridgehead atoms. The van der Waals surface area contributed by atoms with Gasteiger partial charge in [-0.1, -0.05) is 0 Å². The molecule has 0 aromatic heterocycles. The van der Waals surface area contributed by atoms with Gasteiger partial charge in [-0.15, -0.1) is 11.8 Å². The van der Waals surface area contributed by atoms with E-state index in [0.29, 0.717) is 19.0 Å². The summed E-state index contributed by atoms with van der Waals surface area (Å²) < 4.78 is 10.7.